The van der Waals surface area contributed by atoms with Gasteiger partial charge in [-0.2, -0.15) is 0 Å². The summed E-state index contributed by atoms with van der Waals surface area (Å²) in [5, 5.41) is 4.21. The predicted molar refractivity (Wildman–Crippen MR) is 124 cm³/mol. The average Bonchev–Trinajstić information content (AvgIpc) is 3.18. The van der Waals surface area contributed by atoms with Crippen LogP contribution in [0.3, 0.4) is 0 Å². The maximum atomic E-state index is 6.06. The number of hydrogen-bond acceptors (Lipinski definition) is 6. The van der Waals surface area contributed by atoms with E-state index in [1.165, 1.54) is 0 Å². The molecule has 0 unspecified atom stereocenters. The fourth-order valence-corrected chi connectivity index (χ4v) is 4.05. The van der Waals surface area contributed by atoms with E-state index in [0.717, 1.165) is 32.2 Å². The van der Waals surface area contributed by atoms with Crippen LogP contribution in [0.1, 0.15) is 0 Å². The summed E-state index contributed by atoms with van der Waals surface area (Å²) in [5.74, 6) is 1.24. The summed E-state index contributed by atoms with van der Waals surface area (Å²) in [6.45, 7) is 0. The number of rotatable bonds is 5. The minimum Gasteiger partial charge on any atom is -0.438 e. The molecule has 2 aromatic heterocycles. The Kier molecular flexibility index (Phi) is 4.75. The Hall–Kier alpha value is -3.90. The van der Waals surface area contributed by atoms with Crippen molar-refractivity contribution in [1.29, 1.82) is 0 Å². The van der Waals surface area contributed by atoms with Gasteiger partial charge in [0.25, 0.3) is 0 Å². The standard InChI is InChI=1S/C24H18N4OS/c25-17-6-3-5-16(15-17)20-7-4-14-26-23(20)29-19-12-10-18(11-13-19)27-24-28-21-8-1-2-9-22(21)30-24/h1-15H,25H2,(H,27,28). The van der Waals surface area contributed by atoms with Crippen LogP contribution in [-0.2, 0) is 0 Å². The number of thiazole rings is 1. The molecule has 0 saturated heterocycles. The Labute approximate surface area is 177 Å². The van der Waals surface area contributed by atoms with E-state index in [4.69, 9.17) is 10.5 Å². The summed E-state index contributed by atoms with van der Waals surface area (Å²) in [7, 11) is 0. The van der Waals surface area contributed by atoms with Crippen LogP contribution in [0.4, 0.5) is 16.5 Å². The molecule has 0 aliphatic heterocycles. The summed E-state index contributed by atoms with van der Waals surface area (Å²) in [5.41, 5.74) is 10.4. The highest BCUT2D eigenvalue weighted by atomic mass is 32.1. The highest BCUT2D eigenvalue weighted by Crippen LogP contribution is 2.33. The predicted octanol–water partition coefficient (Wildman–Crippen LogP) is 6.48. The fraction of sp³-hybridized carbons (Fsp3) is 0. The summed E-state index contributed by atoms with van der Waals surface area (Å²) >= 11 is 1.63. The van der Waals surface area contributed by atoms with Gasteiger partial charge in [-0.05, 0) is 66.2 Å². The van der Waals surface area contributed by atoms with Crippen molar-refractivity contribution >= 4 is 38.1 Å². The molecule has 5 aromatic rings. The molecule has 5 nitrogen and oxygen atoms in total. The molecule has 0 spiro atoms. The van der Waals surface area contributed by atoms with Gasteiger partial charge in [0, 0.05) is 23.1 Å². The Balaban J connectivity index is 1.35. The minimum absolute atomic E-state index is 0.537. The van der Waals surface area contributed by atoms with Crippen LogP contribution in [0.15, 0.2) is 91.1 Å². The molecule has 0 bridgehead atoms. The van der Waals surface area contributed by atoms with Gasteiger partial charge in [0.15, 0.2) is 5.13 Å². The lowest BCUT2D eigenvalue weighted by Crippen LogP contribution is -1.93. The average molecular weight is 411 g/mol. The highest BCUT2D eigenvalue weighted by molar-refractivity contribution is 7.22. The normalized spacial score (nSPS) is 10.8. The van der Waals surface area contributed by atoms with Crippen LogP contribution in [0.25, 0.3) is 21.3 Å². The lowest BCUT2D eigenvalue weighted by molar-refractivity contribution is 0.465. The number of hydrogen-bond donors (Lipinski definition) is 2. The third kappa shape index (κ3) is 3.81. The molecule has 0 atom stereocenters. The SMILES string of the molecule is Nc1cccc(-c2cccnc2Oc2ccc(Nc3nc4ccccc4s3)cc2)c1. The molecule has 2 heterocycles. The summed E-state index contributed by atoms with van der Waals surface area (Å²) in [6, 6.07) is 27.4. The Morgan fingerprint density at radius 2 is 1.73 bits per heavy atom. The van der Waals surface area contributed by atoms with Gasteiger partial charge in [-0.15, -0.1) is 0 Å². The van der Waals surface area contributed by atoms with E-state index in [2.05, 4.69) is 21.4 Å². The number of anilines is 3. The van der Waals surface area contributed by atoms with Crippen molar-refractivity contribution in [2.24, 2.45) is 0 Å². The second-order valence-electron chi connectivity index (χ2n) is 6.72. The van der Waals surface area contributed by atoms with Crippen molar-refractivity contribution < 1.29 is 4.74 Å². The molecular formula is C24H18N4OS. The number of nitrogens with two attached hydrogens (primary N) is 1. The zero-order valence-corrected chi connectivity index (χ0v) is 16.8. The molecule has 6 heteroatoms. The molecule has 3 aromatic carbocycles. The number of aromatic nitrogens is 2. The van der Waals surface area contributed by atoms with Gasteiger partial charge < -0.3 is 15.8 Å². The number of nitrogens with one attached hydrogen (secondary N) is 1. The van der Waals surface area contributed by atoms with Gasteiger partial charge >= 0.3 is 0 Å². The monoisotopic (exact) mass is 410 g/mol. The number of pyridine rings is 1. The topological polar surface area (TPSA) is 73.1 Å². The molecule has 0 aliphatic carbocycles. The van der Waals surface area contributed by atoms with E-state index in [-0.39, 0.29) is 0 Å². The van der Waals surface area contributed by atoms with Crippen LogP contribution in [0.5, 0.6) is 11.6 Å². The van der Waals surface area contributed by atoms with Gasteiger partial charge in [0.05, 0.1) is 10.2 Å². The lowest BCUT2D eigenvalue weighted by atomic mass is 10.1. The molecule has 5 rings (SSSR count). The Morgan fingerprint density at radius 1 is 0.867 bits per heavy atom. The number of para-hydroxylation sites is 1. The third-order valence-electron chi connectivity index (χ3n) is 4.58. The zero-order valence-electron chi connectivity index (χ0n) is 15.9. The summed E-state index contributed by atoms with van der Waals surface area (Å²) in [6.07, 6.45) is 1.72. The summed E-state index contributed by atoms with van der Waals surface area (Å²) < 4.78 is 7.22. The lowest BCUT2D eigenvalue weighted by Gasteiger charge is -2.11. The van der Waals surface area contributed by atoms with Gasteiger partial charge in [-0.1, -0.05) is 35.6 Å². The molecule has 0 saturated carbocycles. The van der Waals surface area contributed by atoms with Crippen molar-refractivity contribution in [2.75, 3.05) is 11.1 Å². The first kappa shape index (κ1) is 18.1. The van der Waals surface area contributed by atoms with Crippen molar-refractivity contribution in [2.45, 2.75) is 0 Å². The number of nitrogen functional groups attached to an aromatic ring is 1. The van der Waals surface area contributed by atoms with E-state index in [9.17, 15) is 0 Å². The first-order valence-corrected chi connectivity index (χ1v) is 10.3. The maximum absolute atomic E-state index is 6.06. The quantitative estimate of drug-likeness (QED) is 0.325. The van der Waals surface area contributed by atoms with E-state index in [0.29, 0.717) is 17.3 Å². The third-order valence-corrected chi connectivity index (χ3v) is 5.53. The molecule has 0 aliphatic rings. The molecule has 30 heavy (non-hydrogen) atoms. The molecular weight excluding hydrogens is 392 g/mol. The van der Waals surface area contributed by atoms with Crippen molar-refractivity contribution in [3.63, 3.8) is 0 Å². The van der Waals surface area contributed by atoms with E-state index >= 15 is 0 Å². The molecule has 0 fully saturated rings. The minimum atomic E-state index is 0.537. The van der Waals surface area contributed by atoms with Crippen LogP contribution in [-0.4, -0.2) is 9.97 Å². The first-order chi connectivity index (χ1) is 14.7. The number of benzene rings is 3. The van der Waals surface area contributed by atoms with Gasteiger partial charge in [-0.25, -0.2) is 9.97 Å². The van der Waals surface area contributed by atoms with Crippen molar-refractivity contribution in [1.82, 2.24) is 9.97 Å². The van der Waals surface area contributed by atoms with Crippen LogP contribution in [0.2, 0.25) is 0 Å². The molecule has 3 N–H and O–H groups in total. The van der Waals surface area contributed by atoms with Crippen LogP contribution in [0, 0.1) is 0 Å². The van der Waals surface area contributed by atoms with Crippen LogP contribution >= 0.6 is 11.3 Å². The van der Waals surface area contributed by atoms with Crippen LogP contribution < -0.4 is 15.8 Å². The van der Waals surface area contributed by atoms with E-state index in [1.807, 2.05) is 78.9 Å². The molecule has 0 amide bonds. The van der Waals surface area contributed by atoms with Crippen molar-refractivity contribution in [3.8, 4) is 22.8 Å². The fourth-order valence-electron chi connectivity index (χ4n) is 3.17. The largest absolute Gasteiger partial charge is 0.438 e. The number of fused-ring (bicyclic) bond motifs is 1. The van der Waals surface area contributed by atoms with Gasteiger partial charge in [0.1, 0.15) is 5.75 Å². The Bertz CT molecular complexity index is 1280. The second kappa shape index (κ2) is 7.85. The number of ether oxygens (including phenoxy) is 1. The van der Waals surface area contributed by atoms with E-state index < -0.39 is 0 Å². The zero-order chi connectivity index (χ0) is 20.3. The first-order valence-electron chi connectivity index (χ1n) is 9.46. The number of nitrogens with zero attached hydrogens (tertiary/aromatic N) is 2. The Morgan fingerprint density at radius 3 is 2.57 bits per heavy atom. The van der Waals surface area contributed by atoms with E-state index in [1.54, 1.807) is 17.5 Å². The van der Waals surface area contributed by atoms with Crippen molar-refractivity contribution in [3.05, 3.63) is 91.1 Å². The summed E-state index contributed by atoms with van der Waals surface area (Å²) in [4.78, 5) is 9.01. The highest BCUT2D eigenvalue weighted by Gasteiger charge is 2.09. The second-order valence-corrected chi connectivity index (χ2v) is 7.75. The van der Waals surface area contributed by atoms with Gasteiger partial charge in [0.2, 0.25) is 5.88 Å². The molecule has 0 radical (unpaired) electrons. The molecule has 146 valence electrons. The smallest absolute Gasteiger partial charge is 0.227 e. The maximum Gasteiger partial charge on any atom is 0.227 e. The van der Waals surface area contributed by atoms with Gasteiger partial charge in [-0.3, -0.25) is 0 Å².